The van der Waals surface area contributed by atoms with E-state index in [0.717, 1.165) is 39.1 Å². The summed E-state index contributed by atoms with van der Waals surface area (Å²) in [4.78, 5) is 8.43. The minimum atomic E-state index is 1.13. The van der Waals surface area contributed by atoms with Gasteiger partial charge in [-0.2, -0.15) is 0 Å². The monoisotopic (exact) mass is 701 g/mol. The van der Waals surface area contributed by atoms with Crippen LogP contribution in [0, 0.1) is 0 Å². The van der Waals surface area contributed by atoms with E-state index in [1.54, 1.807) is 0 Å². The topological polar surface area (TPSA) is 30.7 Å². The first-order valence-electron chi connectivity index (χ1n) is 18.6. The van der Waals surface area contributed by atoms with Crippen LogP contribution in [0.4, 0.5) is 0 Å². The van der Waals surface area contributed by atoms with Crippen LogP contribution in [0.15, 0.2) is 213 Å². The van der Waals surface area contributed by atoms with Gasteiger partial charge < -0.3 is 4.57 Å². The van der Waals surface area contributed by atoms with E-state index in [1.807, 2.05) is 24.8 Å². The molecule has 55 heavy (non-hydrogen) atoms. The number of fused-ring (bicyclic) bond motifs is 3. The van der Waals surface area contributed by atoms with Crippen LogP contribution < -0.4 is 0 Å². The highest BCUT2D eigenvalue weighted by Crippen LogP contribution is 2.38. The number of rotatable bonds is 7. The number of benzene rings is 7. The quantitative estimate of drug-likeness (QED) is 0.166. The maximum Gasteiger partial charge on any atom is 0.0541 e. The van der Waals surface area contributed by atoms with E-state index in [9.17, 15) is 0 Å². The molecule has 0 bridgehead atoms. The summed E-state index contributed by atoms with van der Waals surface area (Å²) < 4.78 is 2.42. The SMILES string of the molecule is c1cc(-c2ccncc2)cc(-c2cccc(-c3cc(-c4cccc(-c5cccc(-c6ccncc6)c5)c4)cc(-n4c5ccccc5c5ccccc54)c3)c2)c1. The molecule has 7 aromatic carbocycles. The summed E-state index contributed by atoms with van der Waals surface area (Å²) in [6.45, 7) is 0. The zero-order chi connectivity index (χ0) is 36.6. The van der Waals surface area contributed by atoms with Crippen LogP contribution in [-0.2, 0) is 0 Å². The largest absolute Gasteiger partial charge is 0.309 e. The molecule has 3 heteroatoms. The van der Waals surface area contributed by atoms with E-state index in [1.165, 1.54) is 55.2 Å². The zero-order valence-corrected chi connectivity index (χ0v) is 30.0. The second-order valence-electron chi connectivity index (χ2n) is 13.9. The Morgan fingerprint density at radius 1 is 0.255 bits per heavy atom. The highest BCUT2D eigenvalue weighted by molar-refractivity contribution is 6.09. The van der Waals surface area contributed by atoms with Gasteiger partial charge in [-0.05, 0) is 146 Å². The van der Waals surface area contributed by atoms with Crippen LogP contribution >= 0.6 is 0 Å². The molecule has 0 unspecified atom stereocenters. The van der Waals surface area contributed by atoms with E-state index in [-0.39, 0.29) is 0 Å². The fourth-order valence-electron chi connectivity index (χ4n) is 7.88. The average Bonchev–Trinajstić information content (AvgIpc) is 3.61. The summed E-state index contributed by atoms with van der Waals surface area (Å²) in [6.07, 6.45) is 7.39. The average molecular weight is 702 g/mol. The van der Waals surface area contributed by atoms with Crippen LogP contribution in [0.1, 0.15) is 0 Å². The molecule has 0 saturated heterocycles. The molecule has 10 rings (SSSR count). The Bertz CT molecular complexity index is 2780. The summed E-state index contributed by atoms with van der Waals surface area (Å²) in [5.41, 5.74) is 17.5. The third-order valence-corrected chi connectivity index (χ3v) is 10.6. The lowest BCUT2D eigenvalue weighted by Crippen LogP contribution is -1.96. The van der Waals surface area contributed by atoms with E-state index >= 15 is 0 Å². The number of aromatic nitrogens is 3. The Kier molecular flexibility index (Phi) is 8.16. The van der Waals surface area contributed by atoms with E-state index in [2.05, 4.69) is 203 Å². The van der Waals surface area contributed by atoms with Crippen LogP contribution in [0.2, 0.25) is 0 Å². The molecule has 0 saturated carbocycles. The van der Waals surface area contributed by atoms with Gasteiger partial charge in [0.15, 0.2) is 0 Å². The standard InChI is InChI=1S/C52H35N3/c1-3-19-51-49(17-1)50-18-2-4-20-52(50)55(51)48-34-46(44-15-7-13-42(31-44)40-11-5-9-38(29-40)36-21-25-53-26-22-36)33-47(35-48)45-16-8-14-43(32-45)41-12-6-10-39(30-41)37-23-27-54-28-24-37/h1-35H. The maximum atomic E-state index is 4.22. The third kappa shape index (κ3) is 6.18. The normalized spacial score (nSPS) is 11.3. The van der Waals surface area contributed by atoms with Gasteiger partial charge >= 0.3 is 0 Å². The molecule has 10 aromatic rings. The first-order valence-corrected chi connectivity index (χ1v) is 18.6. The summed E-state index contributed by atoms with van der Waals surface area (Å²) in [7, 11) is 0. The Morgan fingerprint density at radius 3 is 0.945 bits per heavy atom. The van der Waals surface area contributed by atoms with Gasteiger partial charge in [0, 0.05) is 41.2 Å². The van der Waals surface area contributed by atoms with Gasteiger partial charge in [-0.1, -0.05) is 109 Å². The van der Waals surface area contributed by atoms with Crippen molar-refractivity contribution in [3.63, 3.8) is 0 Å². The predicted octanol–water partition coefficient (Wildman–Crippen LogP) is 13.6. The van der Waals surface area contributed by atoms with Crippen molar-refractivity contribution in [1.82, 2.24) is 14.5 Å². The second kappa shape index (κ2) is 13.9. The number of pyridine rings is 2. The van der Waals surface area contributed by atoms with Crippen LogP contribution in [0.5, 0.6) is 0 Å². The highest BCUT2D eigenvalue weighted by Gasteiger charge is 2.15. The zero-order valence-electron chi connectivity index (χ0n) is 30.0. The van der Waals surface area contributed by atoms with Crippen molar-refractivity contribution < 1.29 is 0 Å². The Labute approximate surface area is 320 Å². The number of hydrogen-bond acceptors (Lipinski definition) is 2. The lowest BCUT2D eigenvalue weighted by atomic mass is 9.93. The molecule has 0 atom stereocenters. The smallest absolute Gasteiger partial charge is 0.0541 e. The van der Waals surface area contributed by atoms with Crippen molar-refractivity contribution in [2.24, 2.45) is 0 Å². The number of nitrogens with zero attached hydrogens (tertiary/aromatic N) is 3. The van der Waals surface area contributed by atoms with Gasteiger partial charge in [0.25, 0.3) is 0 Å². The molecule has 3 aromatic heterocycles. The Morgan fingerprint density at radius 2 is 0.564 bits per heavy atom. The molecule has 0 fully saturated rings. The molecule has 0 spiro atoms. The van der Waals surface area contributed by atoms with E-state index in [0.29, 0.717) is 0 Å². The molecular weight excluding hydrogens is 667 g/mol. The highest BCUT2D eigenvalue weighted by atomic mass is 15.0. The van der Waals surface area contributed by atoms with Gasteiger partial charge in [-0.25, -0.2) is 0 Å². The van der Waals surface area contributed by atoms with Crippen molar-refractivity contribution >= 4 is 21.8 Å². The molecule has 3 heterocycles. The molecular formula is C52H35N3. The third-order valence-electron chi connectivity index (χ3n) is 10.6. The van der Waals surface area contributed by atoms with Gasteiger partial charge in [0.05, 0.1) is 11.0 Å². The Balaban J connectivity index is 1.13. The molecule has 0 aliphatic carbocycles. The van der Waals surface area contributed by atoms with E-state index in [4.69, 9.17) is 0 Å². The van der Waals surface area contributed by atoms with Crippen molar-refractivity contribution in [3.8, 4) is 72.4 Å². The lowest BCUT2D eigenvalue weighted by molar-refractivity contribution is 1.18. The number of hydrogen-bond donors (Lipinski definition) is 0. The maximum absolute atomic E-state index is 4.22. The van der Waals surface area contributed by atoms with Crippen molar-refractivity contribution in [3.05, 3.63) is 213 Å². The molecule has 0 amide bonds. The first-order chi connectivity index (χ1) is 27.2. The van der Waals surface area contributed by atoms with Crippen molar-refractivity contribution in [1.29, 1.82) is 0 Å². The Hall–Kier alpha value is -7.36. The molecule has 0 aliphatic heterocycles. The summed E-state index contributed by atoms with van der Waals surface area (Å²) in [6, 6.07) is 68.1. The number of para-hydroxylation sites is 2. The fraction of sp³-hybridized carbons (Fsp3) is 0. The van der Waals surface area contributed by atoms with Crippen molar-refractivity contribution in [2.75, 3.05) is 0 Å². The van der Waals surface area contributed by atoms with Crippen LogP contribution in [-0.4, -0.2) is 14.5 Å². The summed E-state index contributed by atoms with van der Waals surface area (Å²) >= 11 is 0. The van der Waals surface area contributed by atoms with Gasteiger partial charge in [-0.15, -0.1) is 0 Å². The molecule has 0 N–H and O–H groups in total. The fourth-order valence-corrected chi connectivity index (χ4v) is 7.88. The second-order valence-corrected chi connectivity index (χ2v) is 13.9. The minimum Gasteiger partial charge on any atom is -0.309 e. The minimum absolute atomic E-state index is 1.13. The summed E-state index contributed by atoms with van der Waals surface area (Å²) in [5, 5.41) is 2.49. The molecule has 0 radical (unpaired) electrons. The van der Waals surface area contributed by atoms with Crippen molar-refractivity contribution in [2.45, 2.75) is 0 Å². The van der Waals surface area contributed by atoms with Gasteiger partial charge in [-0.3, -0.25) is 9.97 Å². The molecule has 3 nitrogen and oxygen atoms in total. The first kappa shape index (κ1) is 32.3. The predicted molar refractivity (Wildman–Crippen MR) is 229 cm³/mol. The van der Waals surface area contributed by atoms with Gasteiger partial charge in [0.2, 0.25) is 0 Å². The summed E-state index contributed by atoms with van der Waals surface area (Å²) in [5.74, 6) is 0. The van der Waals surface area contributed by atoms with E-state index < -0.39 is 0 Å². The van der Waals surface area contributed by atoms with Crippen LogP contribution in [0.3, 0.4) is 0 Å². The molecule has 258 valence electrons. The lowest BCUT2D eigenvalue weighted by Gasteiger charge is -2.15. The van der Waals surface area contributed by atoms with Gasteiger partial charge in [0.1, 0.15) is 0 Å². The van der Waals surface area contributed by atoms with Crippen LogP contribution in [0.25, 0.3) is 94.3 Å². The molecule has 0 aliphatic rings.